The van der Waals surface area contributed by atoms with E-state index in [-0.39, 0.29) is 17.9 Å². The minimum absolute atomic E-state index is 0.101. The first-order valence-corrected chi connectivity index (χ1v) is 5.43. The second kappa shape index (κ2) is 5.14. The molecule has 0 saturated heterocycles. The predicted molar refractivity (Wildman–Crippen MR) is 63.3 cm³/mol. The van der Waals surface area contributed by atoms with Gasteiger partial charge in [-0.05, 0) is 25.5 Å². The van der Waals surface area contributed by atoms with Crippen LogP contribution in [-0.4, -0.2) is 23.1 Å². The third-order valence-electron chi connectivity index (χ3n) is 2.84. The first-order chi connectivity index (χ1) is 7.91. The Bertz CT molecular complexity index is 417. The van der Waals surface area contributed by atoms with Crippen molar-refractivity contribution in [2.75, 3.05) is 6.54 Å². The molecule has 1 aromatic carbocycles. The summed E-state index contributed by atoms with van der Waals surface area (Å²) in [6, 6.07) is 3.41. The van der Waals surface area contributed by atoms with E-state index in [0.29, 0.717) is 6.42 Å². The average Bonchev–Trinajstić information content (AvgIpc) is 2.28. The van der Waals surface area contributed by atoms with Gasteiger partial charge < -0.3 is 16.2 Å². The van der Waals surface area contributed by atoms with Crippen molar-refractivity contribution in [3.05, 3.63) is 29.6 Å². The van der Waals surface area contributed by atoms with Gasteiger partial charge >= 0.3 is 0 Å². The minimum Gasteiger partial charge on any atom is -0.508 e. The van der Waals surface area contributed by atoms with Crippen molar-refractivity contribution in [1.82, 2.24) is 5.32 Å². The fourth-order valence-electron chi connectivity index (χ4n) is 1.31. The molecular weight excluding hydrogens is 223 g/mol. The van der Waals surface area contributed by atoms with Crippen molar-refractivity contribution in [2.24, 2.45) is 5.73 Å². The number of phenols is 1. The summed E-state index contributed by atoms with van der Waals surface area (Å²) >= 11 is 0. The number of nitrogens with two attached hydrogens (primary N) is 1. The third-order valence-corrected chi connectivity index (χ3v) is 2.84. The lowest BCUT2D eigenvalue weighted by atomic mass is 9.98. The summed E-state index contributed by atoms with van der Waals surface area (Å²) in [4.78, 5) is 11.8. The SMILES string of the molecule is CCC(C)(CN)NC(=O)c1ccc(O)cc1F. The van der Waals surface area contributed by atoms with Crippen LogP contribution in [0.2, 0.25) is 0 Å². The van der Waals surface area contributed by atoms with Crippen molar-refractivity contribution in [2.45, 2.75) is 25.8 Å². The molecule has 0 bridgehead atoms. The minimum atomic E-state index is -0.752. The van der Waals surface area contributed by atoms with Crippen LogP contribution < -0.4 is 11.1 Å². The molecule has 0 aromatic heterocycles. The van der Waals surface area contributed by atoms with Crippen molar-refractivity contribution in [1.29, 1.82) is 0 Å². The molecule has 0 radical (unpaired) electrons. The summed E-state index contributed by atoms with van der Waals surface area (Å²) in [6.07, 6.45) is 0.648. The summed E-state index contributed by atoms with van der Waals surface area (Å²) in [6.45, 7) is 3.96. The topological polar surface area (TPSA) is 75.3 Å². The molecule has 4 N–H and O–H groups in total. The molecule has 0 saturated carbocycles. The molecule has 1 amide bonds. The number of carbonyl (C=O) groups excluding carboxylic acids is 1. The van der Waals surface area contributed by atoms with Crippen molar-refractivity contribution < 1.29 is 14.3 Å². The lowest BCUT2D eigenvalue weighted by molar-refractivity contribution is 0.0902. The zero-order valence-corrected chi connectivity index (χ0v) is 9.96. The Morgan fingerprint density at radius 2 is 2.24 bits per heavy atom. The molecule has 0 heterocycles. The second-order valence-electron chi connectivity index (χ2n) is 4.24. The van der Waals surface area contributed by atoms with E-state index in [0.717, 1.165) is 6.07 Å². The summed E-state index contributed by atoms with van der Waals surface area (Å²) in [7, 11) is 0. The van der Waals surface area contributed by atoms with Gasteiger partial charge in [0, 0.05) is 18.2 Å². The first-order valence-electron chi connectivity index (χ1n) is 5.43. The molecule has 0 aliphatic rings. The number of hydrogen-bond donors (Lipinski definition) is 3. The maximum atomic E-state index is 13.4. The third kappa shape index (κ3) is 3.17. The number of benzene rings is 1. The van der Waals surface area contributed by atoms with Crippen molar-refractivity contribution in [3.63, 3.8) is 0 Å². The molecule has 4 nitrogen and oxygen atoms in total. The number of nitrogens with one attached hydrogen (secondary N) is 1. The van der Waals surface area contributed by atoms with E-state index in [4.69, 9.17) is 10.8 Å². The highest BCUT2D eigenvalue weighted by Crippen LogP contribution is 2.16. The fourth-order valence-corrected chi connectivity index (χ4v) is 1.31. The molecule has 1 aromatic rings. The molecule has 94 valence electrons. The van der Waals surface area contributed by atoms with Gasteiger partial charge in [0.2, 0.25) is 0 Å². The Labute approximate surface area is 99.6 Å². The van der Waals surface area contributed by atoms with Gasteiger partial charge in [0.15, 0.2) is 0 Å². The number of hydrogen-bond acceptors (Lipinski definition) is 3. The average molecular weight is 240 g/mol. The molecule has 0 fully saturated rings. The van der Waals surface area contributed by atoms with Crippen LogP contribution in [0.1, 0.15) is 30.6 Å². The zero-order chi connectivity index (χ0) is 13.1. The van der Waals surface area contributed by atoms with Gasteiger partial charge in [-0.2, -0.15) is 0 Å². The van der Waals surface area contributed by atoms with Crippen LogP contribution in [0.3, 0.4) is 0 Å². The smallest absolute Gasteiger partial charge is 0.254 e. The Morgan fingerprint density at radius 3 is 2.71 bits per heavy atom. The van der Waals surface area contributed by atoms with E-state index >= 15 is 0 Å². The number of phenolic OH excluding ortho intramolecular Hbond substituents is 1. The molecule has 0 spiro atoms. The molecule has 5 heteroatoms. The molecule has 1 unspecified atom stereocenters. The van der Waals surface area contributed by atoms with Crippen LogP contribution in [0.5, 0.6) is 5.75 Å². The van der Waals surface area contributed by atoms with E-state index in [9.17, 15) is 9.18 Å². The summed E-state index contributed by atoms with van der Waals surface area (Å²) in [5.41, 5.74) is 4.90. The standard InChI is InChI=1S/C12H17FN2O2/c1-3-12(2,7-14)15-11(17)9-5-4-8(16)6-10(9)13/h4-6,16H,3,7,14H2,1-2H3,(H,15,17). The Morgan fingerprint density at radius 1 is 1.59 bits per heavy atom. The van der Waals surface area contributed by atoms with Gasteiger partial charge in [-0.25, -0.2) is 4.39 Å². The van der Waals surface area contributed by atoms with Crippen LogP contribution in [0.4, 0.5) is 4.39 Å². The maximum absolute atomic E-state index is 13.4. The van der Waals surface area contributed by atoms with Crippen LogP contribution in [-0.2, 0) is 0 Å². The number of rotatable bonds is 4. The largest absolute Gasteiger partial charge is 0.508 e. The highest BCUT2D eigenvalue weighted by Gasteiger charge is 2.24. The van der Waals surface area contributed by atoms with E-state index in [1.165, 1.54) is 12.1 Å². The van der Waals surface area contributed by atoms with E-state index < -0.39 is 17.3 Å². The molecule has 1 atom stereocenters. The van der Waals surface area contributed by atoms with Gasteiger partial charge in [-0.1, -0.05) is 6.92 Å². The number of aromatic hydroxyl groups is 1. The van der Waals surface area contributed by atoms with Gasteiger partial charge in [0.05, 0.1) is 5.56 Å². The molecular formula is C12H17FN2O2. The lowest BCUT2D eigenvalue weighted by Gasteiger charge is -2.28. The summed E-state index contributed by atoms with van der Waals surface area (Å²) in [5.74, 6) is -1.49. The lowest BCUT2D eigenvalue weighted by Crippen LogP contribution is -2.51. The zero-order valence-electron chi connectivity index (χ0n) is 9.96. The van der Waals surface area contributed by atoms with Crippen LogP contribution in [0.25, 0.3) is 0 Å². The van der Waals surface area contributed by atoms with E-state index in [1.54, 1.807) is 6.92 Å². The number of carbonyl (C=O) groups is 1. The predicted octanol–water partition coefficient (Wildman–Crippen LogP) is 1.39. The monoisotopic (exact) mass is 240 g/mol. The molecule has 17 heavy (non-hydrogen) atoms. The van der Waals surface area contributed by atoms with Crippen LogP contribution in [0, 0.1) is 5.82 Å². The molecule has 1 rings (SSSR count). The highest BCUT2D eigenvalue weighted by atomic mass is 19.1. The summed E-state index contributed by atoms with van der Waals surface area (Å²) in [5, 5.41) is 11.7. The Kier molecular flexibility index (Phi) is 4.07. The quantitative estimate of drug-likeness (QED) is 0.744. The van der Waals surface area contributed by atoms with Gasteiger partial charge in [-0.3, -0.25) is 4.79 Å². The van der Waals surface area contributed by atoms with Crippen molar-refractivity contribution >= 4 is 5.91 Å². The highest BCUT2D eigenvalue weighted by molar-refractivity contribution is 5.95. The second-order valence-corrected chi connectivity index (χ2v) is 4.24. The first kappa shape index (κ1) is 13.4. The fraction of sp³-hybridized carbons (Fsp3) is 0.417. The normalized spacial score (nSPS) is 14.1. The number of halogens is 1. The van der Waals surface area contributed by atoms with Gasteiger partial charge in [0.1, 0.15) is 11.6 Å². The Balaban J connectivity index is 2.90. The maximum Gasteiger partial charge on any atom is 0.254 e. The van der Waals surface area contributed by atoms with Crippen LogP contribution in [0.15, 0.2) is 18.2 Å². The van der Waals surface area contributed by atoms with E-state index in [1.807, 2.05) is 6.92 Å². The molecule has 0 aliphatic heterocycles. The van der Waals surface area contributed by atoms with Crippen molar-refractivity contribution in [3.8, 4) is 5.75 Å². The van der Waals surface area contributed by atoms with Crippen LogP contribution >= 0.6 is 0 Å². The molecule has 0 aliphatic carbocycles. The summed E-state index contributed by atoms with van der Waals surface area (Å²) < 4.78 is 13.4. The van der Waals surface area contributed by atoms with E-state index in [2.05, 4.69) is 5.32 Å². The number of amides is 1. The van der Waals surface area contributed by atoms with Gasteiger partial charge in [-0.15, -0.1) is 0 Å². The van der Waals surface area contributed by atoms with Gasteiger partial charge in [0.25, 0.3) is 5.91 Å². The Hall–Kier alpha value is -1.62.